The summed E-state index contributed by atoms with van der Waals surface area (Å²) in [7, 11) is -1.83. The third-order valence-corrected chi connectivity index (χ3v) is 10.1. The third-order valence-electron chi connectivity index (χ3n) is 7.94. The van der Waals surface area contributed by atoms with Crippen molar-refractivity contribution in [1.29, 1.82) is 0 Å². The van der Waals surface area contributed by atoms with Gasteiger partial charge >= 0.3 is 0 Å². The molecule has 11 heteroatoms. The van der Waals surface area contributed by atoms with E-state index in [2.05, 4.69) is 45.7 Å². The second-order valence-electron chi connectivity index (χ2n) is 10.7. The smallest absolute Gasteiger partial charge is 0.243 e. The van der Waals surface area contributed by atoms with Crippen LogP contribution in [0.2, 0.25) is 5.02 Å². The normalized spacial score (nSPS) is 23.2. The number of aryl methyl sites for hydroxylation is 1. The van der Waals surface area contributed by atoms with E-state index >= 15 is 0 Å². The summed E-state index contributed by atoms with van der Waals surface area (Å²) in [5, 5.41) is 6.22. The summed E-state index contributed by atoms with van der Waals surface area (Å²) in [6, 6.07) is 11.1. The van der Waals surface area contributed by atoms with Crippen LogP contribution in [0.1, 0.15) is 42.0 Å². The molecule has 2 aliphatic heterocycles. The van der Waals surface area contributed by atoms with Gasteiger partial charge in [0.25, 0.3) is 0 Å². The number of nitrogens with zero attached hydrogens (tertiary/aromatic N) is 3. The van der Waals surface area contributed by atoms with E-state index in [0.717, 1.165) is 61.9 Å². The molecule has 2 saturated heterocycles. The lowest BCUT2D eigenvalue weighted by Crippen LogP contribution is -2.58. The van der Waals surface area contributed by atoms with Crippen LogP contribution in [0.4, 0.5) is 0 Å². The first-order valence-electron chi connectivity index (χ1n) is 13.6. The number of rotatable bonds is 7. The van der Waals surface area contributed by atoms with Gasteiger partial charge in [0, 0.05) is 50.8 Å². The molecule has 2 heterocycles. The molecule has 3 aliphatic rings. The van der Waals surface area contributed by atoms with Crippen LogP contribution in [0, 0.1) is 0 Å². The molecular weight excluding hydrogens is 538 g/mol. The zero-order chi connectivity index (χ0) is 27.6. The van der Waals surface area contributed by atoms with Crippen LogP contribution in [0.25, 0.3) is 0 Å². The highest BCUT2D eigenvalue weighted by Crippen LogP contribution is 2.31. The predicted molar refractivity (Wildman–Crippen MR) is 150 cm³/mol. The van der Waals surface area contributed by atoms with Crippen molar-refractivity contribution in [3.8, 4) is 0 Å². The summed E-state index contributed by atoms with van der Waals surface area (Å²) < 4.78 is 27.8. The van der Waals surface area contributed by atoms with Crippen LogP contribution in [0.5, 0.6) is 0 Å². The van der Waals surface area contributed by atoms with Gasteiger partial charge in [0.2, 0.25) is 21.8 Å². The van der Waals surface area contributed by atoms with E-state index in [1.807, 2.05) is 0 Å². The Bertz CT molecular complexity index is 1310. The molecule has 1 aliphatic carbocycles. The Kier molecular flexibility index (Phi) is 8.58. The second-order valence-corrected chi connectivity index (χ2v) is 13.0. The molecule has 2 aromatic carbocycles. The maximum Gasteiger partial charge on any atom is 0.243 e. The van der Waals surface area contributed by atoms with Crippen molar-refractivity contribution in [2.45, 2.75) is 49.2 Å². The molecular formula is C28H36ClN5O4S. The summed E-state index contributed by atoms with van der Waals surface area (Å²) in [6.07, 6.45) is 2.49. The lowest BCUT2D eigenvalue weighted by molar-refractivity contribution is -0.132. The van der Waals surface area contributed by atoms with Crippen molar-refractivity contribution >= 4 is 33.4 Å². The Morgan fingerprint density at radius 1 is 1.08 bits per heavy atom. The number of benzene rings is 2. The zero-order valence-corrected chi connectivity index (χ0v) is 23.8. The zero-order valence-electron chi connectivity index (χ0n) is 22.2. The fraction of sp³-hybridized carbons (Fsp3) is 0.500. The summed E-state index contributed by atoms with van der Waals surface area (Å²) >= 11 is 5.92. The molecule has 2 amide bonds. The Morgan fingerprint density at radius 3 is 2.56 bits per heavy atom. The number of amides is 2. The van der Waals surface area contributed by atoms with Gasteiger partial charge in [-0.3, -0.25) is 14.5 Å². The van der Waals surface area contributed by atoms with Crippen LogP contribution in [0.15, 0.2) is 47.4 Å². The minimum Gasteiger partial charge on any atom is -0.353 e. The standard InChI is InChI=1S/C28H36ClN5O4S/c1-32-13-15-33(16-14-32)19-20-5-10-24-21(17-20)3-2-4-25(24)31-27(35)18-26-28(36)30-11-12-34(26)39(37,38)23-8-6-22(29)7-9-23/h5-10,17,25-26H,2-4,11-16,18-19H2,1H3,(H,30,36)(H,31,35)/t25-,26-/m1/s1. The summed E-state index contributed by atoms with van der Waals surface area (Å²) in [5.41, 5.74) is 3.64. The number of carbonyl (C=O) groups is 2. The maximum atomic E-state index is 13.3. The first-order chi connectivity index (χ1) is 18.7. The largest absolute Gasteiger partial charge is 0.353 e. The monoisotopic (exact) mass is 573 g/mol. The first kappa shape index (κ1) is 28.0. The number of piperazine rings is 2. The van der Waals surface area contributed by atoms with Crippen molar-refractivity contribution in [1.82, 2.24) is 24.7 Å². The number of carbonyl (C=O) groups excluding carboxylic acids is 2. The molecule has 5 rings (SSSR count). The van der Waals surface area contributed by atoms with Crippen molar-refractivity contribution in [3.05, 3.63) is 64.2 Å². The minimum absolute atomic E-state index is 0.0422. The molecule has 2 N–H and O–H groups in total. The minimum atomic E-state index is -3.98. The molecule has 9 nitrogen and oxygen atoms in total. The van der Waals surface area contributed by atoms with Crippen molar-refractivity contribution in [2.24, 2.45) is 0 Å². The van der Waals surface area contributed by atoms with Gasteiger partial charge in [-0.1, -0.05) is 29.8 Å². The van der Waals surface area contributed by atoms with Gasteiger partial charge in [0.05, 0.1) is 17.4 Å². The number of nitrogens with one attached hydrogen (secondary N) is 2. The predicted octanol–water partition coefficient (Wildman–Crippen LogP) is 2.16. The highest BCUT2D eigenvalue weighted by Gasteiger charge is 2.40. The number of hydrogen-bond acceptors (Lipinski definition) is 6. The molecule has 0 aromatic heterocycles. The summed E-state index contributed by atoms with van der Waals surface area (Å²) in [6.45, 7) is 5.49. The van der Waals surface area contributed by atoms with Crippen LogP contribution in [0.3, 0.4) is 0 Å². The Morgan fingerprint density at radius 2 is 1.82 bits per heavy atom. The second kappa shape index (κ2) is 11.9. The molecule has 0 radical (unpaired) electrons. The summed E-state index contributed by atoms with van der Waals surface area (Å²) in [4.78, 5) is 30.8. The SMILES string of the molecule is CN1CCN(Cc2ccc3c(c2)CCC[C@H]3NC(=O)C[C@@H]2C(=O)NCCN2S(=O)(=O)c2ccc(Cl)cc2)CC1. The summed E-state index contributed by atoms with van der Waals surface area (Å²) in [5.74, 6) is -0.806. The van der Waals surface area contributed by atoms with E-state index in [4.69, 9.17) is 11.6 Å². The molecule has 0 unspecified atom stereocenters. The van der Waals surface area contributed by atoms with Crippen LogP contribution >= 0.6 is 11.6 Å². The van der Waals surface area contributed by atoms with Crippen LogP contribution < -0.4 is 10.6 Å². The highest BCUT2D eigenvalue weighted by atomic mass is 35.5. The molecule has 39 heavy (non-hydrogen) atoms. The van der Waals surface area contributed by atoms with Gasteiger partial charge in [-0.2, -0.15) is 4.31 Å². The number of sulfonamides is 1. The van der Waals surface area contributed by atoms with E-state index in [9.17, 15) is 18.0 Å². The highest BCUT2D eigenvalue weighted by molar-refractivity contribution is 7.89. The van der Waals surface area contributed by atoms with E-state index < -0.39 is 22.0 Å². The molecule has 2 fully saturated rings. The van der Waals surface area contributed by atoms with E-state index in [1.54, 1.807) is 0 Å². The molecule has 2 atom stereocenters. The maximum absolute atomic E-state index is 13.3. The van der Waals surface area contributed by atoms with Gasteiger partial charge < -0.3 is 15.5 Å². The molecule has 0 saturated carbocycles. The first-order valence-corrected chi connectivity index (χ1v) is 15.4. The third kappa shape index (κ3) is 6.47. The molecule has 0 spiro atoms. The van der Waals surface area contributed by atoms with E-state index in [1.165, 1.54) is 35.4 Å². The fourth-order valence-corrected chi connectivity index (χ4v) is 7.44. The van der Waals surface area contributed by atoms with E-state index in [0.29, 0.717) is 5.02 Å². The van der Waals surface area contributed by atoms with Gasteiger partial charge in [0.1, 0.15) is 6.04 Å². The number of hydrogen-bond donors (Lipinski definition) is 2. The van der Waals surface area contributed by atoms with Crippen LogP contribution in [-0.4, -0.2) is 86.7 Å². The van der Waals surface area contributed by atoms with Crippen molar-refractivity contribution < 1.29 is 18.0 Å². The number of likely N-dealkylation sites (N-methyl/N-ethyl adjacent to an activating group) is 1. The fourth-order valence-electron chi connectivity index (χ4n) is 5.73. The van der Waals surface area contributed by atoms with Crippen molar-refractivity contribution in [2.75, 3.05) is 46.3 Å². The van der Waals surface area contributed by atoms with Gasteiger partial charge in [0.15, 0.2) is 0 Å². The van der Waals surface area contributed by atoms with E-state index in [-0.39, 0.29) is 36.4 Å². The van der Waals surface area contributed by atoms with Gasteiger partial charge in [-0.15, -0.1) is 0 Å². The van der Waals surface area contributed by atoms with Crippen molar-refractivity contribution in [3.63, 3.8) is 0 Å². The Labute approximate surface area is 235 Å². The average Bonchev–Trinajstić information content (AvgIpc) is 2.91. The Balaban J connectivity index is 1.26. The van der Waals surface area contributed by atoms with Gasteiger partial charge in [-0.25, -0.2) is 8.42 Å². The molecule has 0 bridgehead atoms. The lowest BCUT2D eigenvalue weighted by atomic mass is 9.86. The number of halogens is 1. The van der Waals surface area contributed by atoms with Crippen LogP contribution in [-0.2, 0) is 32.6 Å². The quantitative estimate of drug-likeness (QED) is 0.526. The lowest BCUT2D eigenvalue weighted by Gasteiger charge is -2.34. The topological polar surface area (TPSA) is 102 Å². The Hall–Kier alpha value is -2.50. The molecule has 2 aromatic rings. The average molecular weight is 574 g/mol. The number of fused-ring (bicyclic) bond motifs is 1. The molecule has 210 valence electrons. The van der Waals surface area contributed by atoms with Gasteiger partial charge in [-0.05, 0) is 67.3 Å².